The number of hydrogen-bond donors (Lipinski definition) is 7. The van der Waals surface area contributed by atoms with Gasteiger partial charge in [-0.05, 0) is 72.8 Å². The predicted molar refractivity (Wildman–Crippen MR) is 148 cm³/mol. The average Bonchev–Trinajstić information content (AvgIpc) is 2.98. The zero-order valence-corrected chi connectivity index (χ0v) is 22.3. The van der Waals surface area contributed by atoms with Crippen molar-refractivity contribution in [2.45, 2.75) is 30.7 Å². The second kappa shape index (κ2) is 13.6. The summed E-state index contributed by atoms with van der Waals surface area (Å²) in [5.41, 5.74) is 0.228. The zero-order chi connectivity index (χ0) is 31.1. The average molecular weight is 597 g/mol. The SMILES string of the molecule is O=C(/C=C/c1cc(O)ccc1O)OC[C@H]1O[C@@H](Oc2ccc(O)cc2)[C@H](O)[C@@H](OC(=O)/C=C/c2cc(O)ccc2O)[C@@H]1O. The first-order chi connectivity index (χ1) is 20.5. The Kier molecular flexibility index (Phi) is 9.72. The summed E-state index contributed by atoms with van der Waals surface area (Å²) >= 11 is 0. The molecule has 0 spiro atoms. The van der Waals surface area contributed by atoms with Crippen LogP contribution in [0.2, 0.25) is 0 Å². The molecule has 5 atom stereocenters. The number of aromatic hydroxyl groups is 5. The molecule has 7 N–H and O–H groups in total. The van der Waals surface area contributed by atoms with Gasteiger partial charge in [0.15, 0.2) is 12.2 Å². The van der Waals surface area contributed by atoms with E-state index in [1.807, 2.05) is 0 Å². The summed E-state index contributed by atoms with van der Waals surface area (Å²) in [6.07, 6.45) is -3.80. The molecule has 3 aromatic carbocycles. The van der Waals surface area contributed by atoms with Crippen LogP contribution in [0.3, 0.4) is 0 Å². The van der Waals surface area contributed by atoms with Crippen LogP contribution < -0.4 is 4.74 Å². The minimum absolute atomic E-state index is 0.0545. The van der Waals surface area contributed by atoms with Gasteiger partial charge in [0.25, 0.3) is 0 Å². The second-order valence-corrected chi connectivity index (χ2v) is 9.32. The van der Waals surface area contributed by atoms with E-state index in [1.54, 1.807) is 0 Å². The van der Waals surface area contributed by atoms with Crippen LogP contribution in [0.4, 0.5) is 0 Å². The molecule has 0 amide bonds. The van der Waals surface area contributed by atoms with Crippen molar-refractivity contribution in [1.29, 1.82) is 0 Å². The van der Waals surface area contributed by atoms with Crippen molar-refractivity contribution in [1.82, 2.24) is 0 Å². The lowest BCUT2D eigenvalue weighted by atomic mass is 9.99. The molecule has 13 heteroatoms. The Morgan fingerprint density at radius 2 is 1.26 bits per heavy atom. The number of carbonyl (C=O) groups is 2. The molecule has 13 nitrogen and oxygen atoms in total. The van der Waals surface area contributed by atoms with Gasteiger partial charge in [0.2, 0.25) is 6.29 Å². The smallest absolute Gasteiger partial charge is 0.331 e. The molecule has 0 radical (unpaired) electrons. The Hall–Kier alpha value is -5.24. The first-order valence-electron chi connectivity index (χ1n) is 12.7. The third-order valence-corrected chi connectivity index (χ3v) is 6.19. The molecular weight excluding hydrogens is 568 g/mol. The minimum Gasteiger partial charge on any atom is -0.508 e. The van der Waals surface area contributed by atoms with Gasteiger partial charge in [0.05, 0.1) is 0 Å². The van der Waals surface area contributed by atoms with Crippen LogP contribution in [0.15, 0.2) is 72.8 Å². The first kappa shape index (κ1) is 30.7. The van der Waals surface area contributed by atoms with Crippen molar-refractivity contribution in [3.8, 4) is 34.5 Å². The van der Waals surface area contributed by atoms with E-state index in [-0.39, 0.29) is 45.6 Å². The Balaban J connectivity index is 1.48. The quantitative estimate of drug-likeness (QED) is 0.107. The van der Waals surface area contributed by atoms with E-state index in [0.29, 0.717) is 0 Å². The van der Waals surface area contributed by atoms with E-state index in [4.69, 9.17) is 18.9 Å². The van der Waals surface area contributed by atoms with Crippen molar-refractivity contribution in [2.24, 2.45) is 0 Å². The van der Waals surface area contributed by atoms with Crippen molar-refractivity contribution in [2.75, 3.05) is 6.61 Å². The summed E-state index contributed by atoms with van der Waals surface area (Å²) < 4.78 is 21.7. The number of aliphatic hydroxyl groups excluding tert-OH is 2. The summed E-state index contributed by atoms with van der Waals surface area (Å²) in [6.45, 7) is -0.584. The zero-order valence-electron chi connectivity index (χ0n) is 22.3. The van der Waals surface area contributed by atoms with Crippen molar-refractivity contribution >= 4 is 24.1 Å². The highest BCUT2D eigenvalue weighted by molar-refractivity contribution is 5.88. The number of aliphatic hydroxyl groups is 2. The Bertz CT molecular complexity index is 1500. The number of hydrogen-bond acceptors (Lipinski definition) is 13. The lowest BCUT2D eigenvalue weighted by molar-refractivity contribution is -0.281. The van der Waals surface area contributed by atoms with Gasteiger partial charge in [-0.2, -0.15) is 0 Å². The molecule has 4 rings (SSSR count). The maximum Gasteiger partial charge on any atom is 0.331 e. The van der Waals surface area contributed by atoms with Gasteiger partial charge in [-0.3, -0.25) is 0 Å². The number of carbonyl (C=O) groups excluding carboxylic acids is 2. The second-order valence-electron chi connectivity index (χ2n) is 9.32. The van der Waals surface area contributed by atoms with E-state index in [0.717, 1.165) is 18.2 Å². The van der Waals surface area contributed by atoms with Gasteiger partial charge in [0.1, 0.15) is 53.3 Å². The van der Waals surface area contributed by atoms with Gasteiger partial charge >= 0.3 is 11.9 Å². The monoisotopic (exact) mass is 596 g/mol. The number of esters is 2. The molecule has 1 heterocycles. The molecule has 43 heavy (non-hydrogen) atoms. The predicted octanol–water partition coefficient (Wildman–Crippen LogP) is 1.92. The van der Waals surface area contributed by atoms with E-state index in [2.05, 4.69) is 0 Å². The molecule has 226 valence electrons. The van der Waals surface area contributed by atoms with Crippen LogP contribution in [0.25, 0.3) is 12.2 Å². The Morgan fingerprint density at radius 1 is 0.721 bits per heavy atom. The van der Waals surface area contributed by atoms with Crippen LogP contribution >= 0.6 is 0 Å². The minimum atomic E-state index is -1.74. The topological polar surface area (TPSA) is 213 Å². The van der Waals surface area contributed by atoms with Gasteiger partial charge in [0, 0.05) is 23.3 Å². The maximum absolute atomic E-state index is 12.6. The molecule has 0 bridgehead atoms. The van der Waals surface area contributed by atoms with Crippen LogP contribution in [0.1, 0.15) is 11.1 Å². The summed E-state index contributed by atoms with van der Waals surface area (Å²) in [5.74, 6) is -2.60. The van der Waals surface area contributed by atoms with Gasteiger partial charge in [-0.1, -0.05) is 0 Å². The third kappa shape index (κ3) is 8.16. The largest absolute Gasteiger partial charge is 0.508 e. The highest BCUT2D eigenvalue weighted by Crippen LogP contribution is 2.29. The van der Waals surface area contributed by atoms with Crippen LogP contribution in [-0.2, 0) is 23.8 Å². The lowest BCUT2D eigenvalue weighted by Gasteiger charge is -2.41. The molecule has 0 aromatic heterocycles. The fraction of sp³-hybridized carbons (Fsp3) is 0.200. The van der Waals surface area contributed by atoms with Crippen molar-refractivity contribution in [3.05, 3.63) is 83.9 Å². The molecule has 1 aliphatic heterocycles. The van der Waals surface area contributed by atoms with E-state index < -0.39 is 49.3 Å². The summed E-state index contributed by atoms with van der Waals surface area (Å²) in [4.78, 5) is 24.9. The Labute approximate surface area is 244 Å². The highest BCUT2D eigenvalue weighted by Gasteiger charge is 2.48. The molecule has 0 saturated carbocycles. The van der Waals surface area contributed by atoms with E-state index in [1.165, 1.54) is 66.7 Å². The van der Waals surface area contributed by atoms with Crippen molar-refractivity contribution in [3.63, 3.8) is 0 Å². The van der Waals surface area contributed by atoms with Crippen LogP contribution in [-0.4, -0.2) is 85.0 Å². The van der Waals surface area contributed by atoms with Crippen LogP contribution in [0.5, 0.6) is 34.5 Å². The fourth-order valence-corrected chi connectivity index (χ4v) is 3.99. The van der Waals surface area contributed by atoms with Gasteiger partial charge in [-0.25, -0.2) is 9.59 Å². The van der Waals surface area contributed by atoms with Crippen LogP contribution in [0, 0.1) is 0 Å². The lowest BCUT2D eigenvalue weighted by Crippen LogP contribution is -2.61. The first-order valence-corrected chi connectivity index (χ1v) is 12.7. The number of rotatable bonds is 9. The normalized spacial score (nSPS) is 22.0. The molecule has 1 aliphatic rings. The maximum atomic E-state index is 12.6. The van der Waals surface area contributed by atoms with E-state index >= 15 is 0 Å². The molecule has 1 fully saturated rings. The van der Waals surface area contributed by atoms with Crippen molar-refractivity contribution < 1.29 is 64.3 Å². The standard InChI is InChI=1S/C30H28O13/c31-18-3-7-21(8-4-18)41-30-28(39)29(43-26(37)12-2-17-14-20(33)6-10-23(17)35)27(38)24(42-30)15-40-25(36)11-1-16-13-19(32)5-9-22(16)34/h1-14,24,27-35,38-39H,15H2/b11-1+,12-2+/t24-,27-,28-,29+,30-/m1/s1. The Morgan fingerprint density at radius 3 is 1.84 bits per heavy atom. The number of benzene rings is 3. The molecule has 3 aromatic rings. The summed E-state index contributed by atoms with van der Waals surface area (Å²) in [7, 11) is 0. The molecular formula is C30H28O13. The number of phenolic OH excluding ortho intramolecular Hbond substituents is 5. The third-order valence-electron chi connectivity index (χ3n) is 6.19. The van der Waals surface area contributed by atoms with Gasteiger partial charge in [-0.15, -0.1) is 0 Å². The molecule has 0 aliphatic carbocycles. The summed E-state index contributed by atoms with van der Waals surface area (Å²) in [6, 6.07) is 12.7. The molecule has 1 saturated heterocycles. The number of ether oxygens (including phenoxy) is 4. The fourth-order valence-electron chi connectivity index (χ4n) is 3.99. The molecule has 0 unspecified atom stereocenters. The van der Waals surface area contributed by atoms with E-state index in [9.17, 15) is 45.3 Å². The van der Waals surface area contributed by atoms with Gasteiger partial charge < -0.3 is 54.7 Å². The highest BCUT2D eigenvalue weighted by atomic mass is 16.7. The number of phenols is 5. The summed E-state index contributed by atoms with van der Waals surface area (Å²) in [5, 5.41) is 70.2.